The number of nitrogens with zero attached hydrogens (tertiary/aromatic N) is 4. The molecule has 3 N–H and O–H groups in total. The first-order valence-electron chi connectivity index (χ1n) is 12.2. The highest BCUT2D eigenvalue weighted by Gasteiger charge is 2.33. The van der Waals surface area contributed by atoms with E-state index in [2.05, 4.69) is 9.97 Å². The molecular formula is C28H34N6O2. The number of carbonyl (C=O) groups is 1. The lowest BCUT2D eigenvalue weighted by Crippen LogP contribution is -2.51. The summed E-state index contributed by atoms with van der Waals surface area (Å²) in [5.41, 5.74) is 7.26. The minimum atomic E-state index is -0.427. The number of rotatable bonds is 6. The van der Waals surface area contributed by atoms with E-state index in [0.29, 0.717) is 29.2 Å². The van der Waals surface area contributed by atoms with E-state index >= 15 is 0 Å². The summed E-state index contributed by atoms with van der Waals surface area (Å²) in [6.07, 6.45) is 3.26. The second-order valence-corrected chi connectivity index (χ2v) is 10.2. The van der Waals surface area contributed by atoms with Gasteiger partial charge in [0.1, 0.15) is 29.5 Å². The third-order valence-corrected chi connectivity index (χ3v) is 6.44. The molecule has 8 nitrogen and oxygen atoms in total. The topological polar surface area (TPSA) is 108 Å². The van der Waals surface area contributed by atoms with Gasteiger partial charge in [-0.1, -0.05) is 39.0 Å². The summed E-state index contributed by atoms with van der Waals surface area (Å²) in [5.74, 6) is 2.41. The molecular weight excluding hydrogens is 452 g/mol. The number of hydrogen-bond donors (Lipinski definition) is 2. The highest BCUT2D eigenvalue weighted by Crippen LogP contribution is 2.30. The normalized spacial score (nSPS) is 15.9. The number of piperidine rings is 1. The number of ether oxygens (including phenoxy) is 1. The van der Waals surface area contributed by atoms with Crippen molar-refractivity contribution in [1.29, 1.82) is 5.41 Å². The fourth-order valence-electron chi connectivity index (χ4n) is 4.46. The van der Waals surface area contributed by atoms with Crippen molar-refractivity contribution in [3.8, 4) is 11.5 Å². The Kier molecular flexibility index (Phi) is 7.24. The molecule has 1 aliphatic rings. The lowest BCUT2D eigenvalue weighted by Gasteiger charge is -2.40. The summed E-state index contributed by atoms with van der Waals surface area (Å²) in [4.78, 5) is 25.6. The number of benzene rings is 2. The van der Waals surface area contributed by atoms with E-state index in [0.717, 1.165) is 25.1 Å². The van der Waals surface area contributed by atoms with Crippen molar-refractivity contribution in [2.24, 2.45) is 5.41 Å². The molecule has 0 saturated carbocycles. The molecule has 0 bridgehead atoms. The first-order chi connectivity index (χ1) is 17.1. The molecule has 0 aliphatic carbocycles. The molecule has 1 amide bonds. The van der Waals surface area contributed by atoms with Crippen LogP contribution >= 0.6 is 0 Å². The van der Waals surface area contributed by atoms with Gasteiger partial charge in [-0.05, 0) is 49.2 Å². The van der Waals surface area contributed by atoms with Crippen molar-refractivity contribution < 1.29 is 9.53 Å². The minimum Gasteiger partial charge on any atom is -0.457 e. The average molecular weight is 487 g/mol. The Balaban J connectivity index is 1.56. The van der Waals surface area contributed by atoms with Gasteiger partial charge in [-0.2, -0.15) is 0 Å². The molecule has 1 atom stereocenters. The molecule has 4 rings (SSSR count). The van der Waals surface area contributed by atoms with Gasteiger partial charge in [-0.3, -0.25) is 10.2 Å². The number of amides is 1. The number of anilines is 2. The number of likely N-dealkylation sites (N-methyl/N-ethyl adjacent to an activating group) is 1. The third-order valence-electron chi connectivity index (χ3n) is 6.44. The quantitative estimate of drug-likeness (QED) is 0.487. The molecule has 36 heavy (non-hydrogen) atoms. The Labute approximate surface area is 212 Å². The molecule has 1 saturated heterocycles. The van der Waals surface area contributed by atoms with Crippen LogP contribution in [0.4, 0.5) is 11.6 Å². The van der Waals surface area contributed by atoms with E-state index in [1.807, 2.05) is 92.2 Å². The molecule has 0 radical (unpaired) electrons. The maximum Gasteiger partial charge on any atom is 0.228 e. The second kappa shape index (κ2) is 10.4. The summed E-state index contributed by atoms with van der Waals surface area (Å²) in [6, 6.07) is 16.9. The Morgan fingerprint density at radius 1 is 1.08 bits per heavy atom. The number of aromatic nitrogens is 2. The molecule has 188 valence electrons. The first-order valence-corrected chi connectivity index (χ1v) is 12.2. The van der Waals surface area contributed by atoms with Gasteiger partial charge in [0, 0.05) is 37.2 Å². The predicted octanol–water partition coefficient (Wildman–Crippen LogP) is 4.74. The highest BCUT2D eigenvalue weighted by molar-refractivity contribution is 6.16. The predicted molar refractivity (Wildman–Crippen MR) is 143 cm³/mol. The van der Waals surface area contributed by atoms with Crippen LogP contribution in [-0.2, 0) is 4.79 Å². The summed E-state index contributed by atoms with van der Waals surface area (Å²) < 4.78 is 5.88. The average Bonchev–Trinajstić information content (AvgIpc) is 2.88. The Hall–Kier alpha value is -3.94. The zero-order valence-electron chi connectivity index (χ0n) is 21.4. The summed E-state index contributed by atoms with van der Waals surface area (Å²) in [6.45, 7) is 7.21. The smallest absolute Gasteiger partial charge is 0.228 e. The number of nitrogen functional groups attached to an aromatic ring is 1. The van der Waals surface area contributed by atoms with Gasteiger partial charge >= 0.3 is 0 Å². The number of para-hydroxylation sites is 1. The number of nitrogens with two attached hydrogens (primary N) is 1. The van der Waals surface area contributed by atoms with Crippen molar-refractivity contribution in [2.75, 3.05) is 30.8 Å². The molecule has 2 aromatic carbocycles. The molecule has 3 aromatic rings. The largest absolute Gasteiger partial charge is 0.457 e. The molecule has 0 unspecified atom stereocenters. The monoisotopic (exact) mass is 486 g/mol. The van der Waals surface area contributed by atoms with E-state index < -0.39 is 5.41 Å². The lowest BCUT2D eigenvalue weighted by molar-refractivity contribution is -0.140. The van der Waals surface area contributed by atoms with Gasteiger partial charge < -0.3 is 20.3 Å². The number of hydrogen-bond acceptors (Lipinski definition) is 7. The Morgan fingerprint density at radius 3 is 2.42 bits per heavy atom. The van der Waals surface area contributed by atoms with Crippen LogP contribution in [0.1, 0.15) is 44.7 Å². The number of carbonyl (C=O) groups excluding carboxylic acids is 1. The molecule has 8 heteroatoms. The second-order valence-electron chi connectivity index (χ2n) is 10.2. The van der Waals surface area contributed by atoms with E-state index in [9.17, 15) is 4.79 Å². The van der Waals surface area contributed by atoms with Crippen LogP contribution < -0.4 is 15.4 Å². The fraction of sp³-hybridized carbons (Fsp3) is 0.357. The van der Waals surface area contributed by atoms with E-state index in [1.54, 1.807) is 0 Å². The molecule has 1 fully saturated rings. The van der Waals surface area contributed by atoms with E-state index in [-0.39, 0.29) is 23.5 Å². The summed E-state index contributed by atoms with van der Waals surface area (Å²) >= 11 is 0. The van der Waals surface area contributed by atoms with Crippen LogP contribution in [0.15, 0.2) is 60.9 Å². The van der Waals surface area contributed by atoms with Crippen molar-refractivity contribution >= 4 is 23.3 Å². The molecule has 1 aliphatic heterocycles. The van der Waals surface area contributed by atoms with Crippen LogP contribution in [0.5, 0.6) is 11.5 Å². The Bertz CT molecular complexity index is 1220. The van der Waals surface area contributed by atoms with Gasteiger partial charge in [0.05, 0.1) is 11.3 Å². The minimum absolute atomic E-state index is 0.0625. The van der Waals surface area contributed by atoms with Gasteiger partial charge in [-0.15, -0.1) is 0 Å². The van der Waals surface area contributed by atoms with Crippen LogP contribution in [0.25, 0.3) is 0 Å². The van der Waals surface area contributed by atoms with Gasteiger partial charge in [0.25, 0.3) is 0 Å². The van der Waals surface area contributed by atoms with Crippen LogP contribution in [0.2, 0.25) is 0 Å². The maximum absolute atomic E-state index is 12.9. The molecule has 0 spiro atoms. The fourth-order valence-corrected chi connectivity index (χ4v) is 4.46. The molecule has 1 aromatic heterocycles. The zero-order chi connectivity index (χ0) is 25.9. The first kappa shape index (κ1) is 25.2. The Morgan fingerprint density at radius 2 is 1.75 bits per heavy atom. The summed E-state index contributed by atoms with van der Waals surface area (Å²) in [5, 5.41) is 8.95. The number of nitrogens with one attached hydrogen (secondary N) is 1. The van der Waals surface area contributed by atoms with Crippen molar-refractivity contribution in [1.82, 2.24) is 14.9 Å². The zero-order valence-corrected chi connectivity index (χ0v) is 21.4. The van der Waals surface area contributed by atoms with Crippen LogP contribution in [-0.4, -0.2) is 52.7 Å². The SMILES string of the molecule is CN(c1ncnc(N)c1C(=N)c1ccc(Oc2ccccc2)cc1)[C@@H]1CCCN(C(=O)C(C)(C)C)C1. The maximum atomic E-state index is 12.9. The standard InChI is InChI=1S/C28H34N6O2/c1-28(2,3)27(35)34-16-8-9-20(17-34)33(4)26-23(25(30)31-18-32-26)24(29)19-12-14-22(15-13-19)36-21-10-6-5-7-11-21/h5-7,10-15,18,20,29H,8-9,16-17H2,1-4H3,(H2,30,31,32)/t20-/m1/s1. The van der Waals surface area contributed by atoms with Gasteiger partial charge in [-0.25, -0.2) is 9.97 Å². The number of likely N-dealkylation sites (tertiary alicyclic amines) is 1. The van der Waals surface area contributed by atoms with E-state index in [1.165, 1.54) is 6.33 Å². The van der Waals surface area contributed by atoms with Crippen molar-refractivity contribution in [3.63, 3.8) is 0 Å². The van der Waals surface area contributed by atoms with Gasteiger partial charge in [0.15, 0.2) is 0 Å². The van der Waals surface area contributed by atoms with Crippen LogP contribution in [0.3, 0.4) is 0 Å². The van der Waals surface area contributed by atoms with E-state index in [4.69, 9.17) is 15.9 Å². The van der Waals surface area contributed by atoms with Crippen LogP contribution in [0, 0.1) is 10.8 Å². The lowest BCUT2D eigenvalue weighted by atomic mass is 9.92. The van der Waals surface area contributed by atoms with Gasteiger partial charge in [0.2, 0.25) is 5.91 Å². The highest BCUT2D eigenvalue weighted by atomic mass is 16.5. The summed E-state index contributed by atoms with van der Waals surface area (Å²) in [7, 11) is 1.95. The van der Waals surface area contributed by atoms with Crippen molar-refractivity contribution in [3.05, 3.63) is 72.1 Å². The molecule has 2 heterocycles. The third kappa shape index (κ3) is 5.48. The van der Waals surface area contributed by atoms with Crippen molar-refractivity contribution in [2.45, 2.75) is 39.7 Å².